The fourth-order valence-electron chi connectivity index (χ4n) is 4.79. The van der Waals surface area contributed by atoms with E-state index in [9.17, 15) is 0 Å². The summed E-state index contributed by atoms with van der Waals surface area (Å²) in [6.07, 6.45) is 13.6. The van der Waals surface area contributed by atoms with Gasteiger partial charge in [0.25, 0.3) is 0 Å². The first-order chi connectivity index (χ1) is 9.38. The van der Waals surface area contributed by atoms with Crippen LogP contribution in [0.15, 0.2) is 43.0 Å². The summed E-state index contributed by atoms with van der Waals surface area (Å²) in [6.45, 7) is 4.30. The lowest BCUT2D eigenvalue weighted by Crippen LogP contribution is -2.38. The summed E-state index contributed by atoms with van der Waals surface area (Å²) in [5.41, 5.74) is 1.79. The number of hydrogen-bond acceptors (Lipinski definition) is 0. The number of allylic oxidation sites excluding steroid dienone is 1. The average Bonchev–Trinajstić information content (AvgIpc) is 3.15. The molecule has 0 heterocycles. The minimum Gasteiger partial charge on any atom is -0.102 e. The van der Waals surface area contributed by atoms with Crippen LogP contribution in [0.2, 0.25) is 0 Å². The first-order valence-electron chi connectivity index (χ1n) is 8.07. The van der Waals surface area contributed by atoms with Gasteiger partial charge in [0.1, 0.15) is 0 Å². The van der Waals surface area contributed by atoms with Gasteiger partial charge in [0.05, 0.1) is 0 Å². The predicted octanol–water partition coefficient (Wildman–Crippen LogP) is 5.49. The maximum absolute atomic E-state index is 4.30. The topological polar surface area (TPSA) is 0 Å². The van der Waals surface area contributed by atoms with Gasteiger partial charge in [-0.3, -0.25) is 0 Å². The van der Waals surface area contributed by atoms with Crippen LogP contribution in [0.4, 0.5) is 0 Å². The summed E-state index contributed by atoms with van der Waals surface area (Å²) in [5.74, 6) is 1.66. The van der Waals surface area contributed by atoms with Crippen molar-refractivity contribution in [1.29, 1.82) is 0 Å². The van der Waals surface area contributed by atoms with Crippen LogP contribution in [0.1, 0.15) is 56.9 Å². The molecular formula is C19H26. The quantitative estimate of drug-likeness (QED) is 0.623. The van der Waals surface area contributed by atoms with Crippen molar-refractivity contribution >= 4 is 0 Å². The zero-order valence-corrected chi connectivity index (χ0v) is 12.0. The molecule has 0 atom stereocenters. The second kappa shape index (κ2) is 5.53. The SMILES string of the molecule is C=CC(c1ccccc1)(C1CCCC1)C1CCCC1. The van der Waals surface area contributed by atoms with Gasteiger partial charge in [-0.2, -0.15) is 0 Å². The van der Waals surface area contributed by atoms with Crippen molar-refractivity contribution in [2.24, 2.45) is 11.8 Å². The van der Waals surface area contributed by atoms with E-state index in [1.165, 1.54) is 56.9 Å². The largest absolute Gasteiger partial charge is 0.102 e. The molecule has 2 saturated carbocycles. The number of benzene rings is 1. The molecule has 2 aliphatic carbocycles. The lowest BCUT2D eigenvalue weighted by atomic mass is 9.61. The van der Waals surface area contributed by atoms with Crippen molar-refractivity contribution in [3.63, 3.8) is 0 Å². The van der Waals surface area contributed by atoms with Gasteiger partial charge >= 0.3 is 0 Å². The Morgan fingerprint density at radius 3 is 1.74 bits per heavy atom. The Kier molecular flexibility index (Phi) is 3.77. The zero-order valence-electron chi connectivity index (χ0n) is 12.0. The number of hydrogen-bond donors (Lipinski definition) is 0. The maximum Gasteiger partial charge on any atom is 0.0186 e. The molecule has 3 rings (SSSR count). The first kappa shape index (κ1) is 13.0. The van der Waals surface area contributed by atoms with Gasteiger partial charge < -0.3 is 0 Å². The summed E-state index contributed by atoms with van der Waals surface area (Å²) in [4.78, 5) is 0. The molecule has 0 aliphatic heterocycles. The highest BCUT2D eigenvalue weighted by molar-refractivity contribution is 5.33. The molecule has 0 saturated heterocycles. The third kappa shape index (κ3) is 2.16. The predicted molar refractivity (Wildman–Crippen MR) is 82.2 cm³/mol. The van der Waals surface area contributed by atoms with E-state index in [1.807, 2.05) is 0 Å². The highest BCUT2D eigenvalue weighted by atomic mass is 14.5. The molecule has 0 amide bonds. The standard InChI is InChI=1S/C19H26/c1-2-19(17-12-6-7-13-17,18-14-8-9-15-18)16-10-4-3-5-11-16/h2-5,10-11,17-18H,1,6-9,12-15H2. The van der Waals surface area contributed by atoms with E-state index < -0.39 is 0 Å². The van der Waals surface area contributed by atoms with Crippen molar-refractivity contribution in [3.05, 3.63) is 48.6 Å². The summed E-state index contributed by atoms with van der Waals surface area (Å²) in [6, 6.07) is 11.2. The van der Waals surface area contributed by atoms with Gasteiger partial charge in [-0.25, -0.2) is 0 Å². The maximum atomic E-state index is 4.30. The molecule has 0 radical (unpaired) electrons. The minimum absolute atomic E-state index is 0.258. The molecular weight excluding hydrogens is 228 g/mol. The summed E-state index contributed by atoms with van der Waals surface area (Å²) in [7, 11) is 0. The molecule has 0 unspecified atom stereocenters. The molecule has 19 heavy (non-hydrogen) atoms. The smallest absolute Gasteiger partial charge is 0.0186 e. The Morgan fingerprint density at radius 2 is 1.32 bits per heavy atom. The van der Waals surface area contributed by atoms with Gasteiger partial charge in [-0.1, -0.05) is 62.1 Å². The van der Waals surface area contributed by atoms with Crippen molar-refractivity contribution in [2.45, 2.75) is 56.8 Å². The lowest BCUT2D eigenvalue weighted by molar-refractivity contribution is 0.227. The van der Waals surface area contributed by atoms with Crippen LogP contribution in [0.5, 0.6) is 0 Å². The summed E-state index contributed by atoms with van der Waals surface area (Å²) >= 11 is 0. The molecule has 1 aromatic carbocycles. The van der Waals surface area contributed by atoms with Crippen molar-refractivity contribution < 1.29 is 0 Å². The van der Waals surface area contributed by atoms with Gasteiger partial charge in [0.15, 0.2) is 0 Å². The molecule has 0 N–H and O–H groups in total. The van der Waals surface area contributed by atoms with Crippen LogP contribution in [0, 0.1) is 11.8 Å². The van der Waals surface area contributed by atoms with Crippen LogP contribution in [-0.2, 0) is 5.41 Å². The Bertz CT molecular complexity index is 389. The van der Waals surface area contributed by atoms with E-state index in [1.54, 1.807) is 0 Å². The van der Waals surface area contributed by atoms with Crippen molar-refractivity contribution in [2.75, 3.05) is 0 Å². The molecule has 0 nitrogen and oxygen atoms in total. The third-order valence-electron chi connectivity index (χ3n) is 5.67. The first-order valence-corrected chi connectivity index (χ1v) is 8.07. The van der Waals surface area contributed by atoms with Gasteiger partial charge in [-0.05, 0) is 43.1 Å². The van der Waals surface area contributed by atoms with E-state index in [0.29, 0.717) is 0 Å². The molecule has 102 valence electrons. The Hall–Kier alpha value is -1.04. The van der Waals surface area contributed by atoms with Crippen LogP contribution >= 0.6 is 0 Å². The Labute approximate surface area is 117 Å². The van der Waals surface area contributed by atoms with Gasteiger partial charge in [0.2, 0.25) is 0 Å². The zero-order chi connectivity index (χ0) is 13.1. The normalized spacial score (nSPS) is 21.9. The lowest BCUT2D eigenvalue weighted by Gasteiger charge is -2.42. The summed E-state index contributed by atoms with van der Waals surface area (Å²) in [5, 5.41) is 0. The van der Waals surface area contributed by atoms with Crippen molar-refractivity contribution in [3.8, 4) is 0 Å². The average molecular weight is 254 g/mol. The van der Waals surface area contributed by atoms with E-state index in [-0.39, 0.29) is 5.41 Å². The van der Waals surface area contributed by atoms with Gasteiger partial charge in [-0.15, -0.1) is 6.58 Å². The van der Waals surface area contributed by atoms with E-state index in [4.69, 9.17) is 0 Å². The van der Waals surface area contributed by atoms with Crippen LogP contribution < -0.4 is 0 Å². The molecule has 0 bridgehead atoms. The van der Waals surface area contributed by atoms with E-state index in [2.05, 4.69) is 43.0 Å². The molecule has 0 spiro atoms. The minimum atomic E-state index is 0.258. The second-order valence-electron chi connectivity index (χ2n) is 6.47. The monoisotopic (exact) mass is 254 g/mol. The van der Waals surface area contributed by atoms with Gasteiger partial charge in [0, 0.05) is 5.41 Å². The molecule has 1 aromatic rings. The second-order valence-corrected chi connectivity index (χ2v) is 6.47. The Morgan fingerprint density at radius 1 is 0.842 bits per heavy atom. The van der Waals surface area contributed by atoms with E-state index in [0.717, 1.165) is 11.8 Å². The fraction of sp³-hybridized carbons (Fsp3) is 0.579. The molecule has 0 aromatic heterocycles. The van der Waals surface area contributed by atoms with Crippen LogP contribution in [0.25, 0.3) is 0 Å². The number of rotatable bonds is 4. The highest BCUT2D eigenvalue weighted by Crippen LogP contribution is 2.52. The highest BCUT2D eigenvalue weighted by Gasteiger charge is 2.45. The Balaban J connectivity index is 2.04. The third-order valence-corrected chi connectivity index (χ3v) is 5.67. The van der Waals surface area contributed by atoms with Crippen LogP contribution in [-0.4, -0.2) is 0 Å². The van der Waals surface area contributed by atoms with E-state index >= 15 is 0 Å². The molecule has 2 aliphatic rings. The van der Waals surface area contributed by atoms with Crippen LogP contribution in [0.3, 0.4) is 0 Å². The fourth-order valence-corrected chi connectivity index (χ4v) is 4.79. The molecule has 2 fully saturated rings. The molecule has 0 heteroatoms. The summed E-state index contributed by atoms with van der Waals surface area (Å²) < 4.78 is 0. The van der Waals surface area contributed by atoms with Crippen molar-refractivity contribution in [1.82, 2.24) is 0 Å².